The fourth-order valence-electron chi connectivity index (χ4n) is 3.95. The first kappa shape index (κ1) is 25.0. The molecule has 2 N–H and O–H groups in total. The Morgan fingerprint density at radius 3 is 2.51 bits per heavy atom. The van der Waals surface area contributed by atoms with E-state index in [1.807, 2.05) is 0 Å². The van der Waals surface area contributed by atoms with Gasteiger partial charge in [0.25, 0.3) is 10.0 Å². The molecule has 0 bridgehead atoms. The van der Waals surface area contributed by atoms with Gasteiger partial charge in [-0.2, -0.15) is 0 Å². The zero-order chi connectivity index (χ0) is 25.5. The molecule has 35 heavy (non-hydrogen) atoms. The number of nitrogens with one attached hydrogen (secondary N) is 2. The summed E-state index contributed by atoms with van der Waals surface area (Å²) in [6.45, 7) is 3.22. The quantitative estimate of drug-likeness (QED) is 0.463. The molecule has 0 radical (unpaired) electrons. The maximum Gasteiger partial charge on any atom is 0.266 e. The fourth-order valence-corrected chi connectivity index (χ4v) is 6.73. The molecule has 2 amide bonds. The van der Waals surface area contributed by atoms with Crippen LogP contribution in [-0.4, -0.2) is 26.3 Å². The summed E-state index contributed by atoms with van der Waals surface area (Å²) in [5, 5.41) is 5.35. The standard InChI is InChI=1S/C24H20Cl2FN3O4S/c1-13-7-8-16(27)11-19(13)28-22(31)12-21-24(32)29-18-5-3-4-6-20(18)30(21)35(33,34)23-14(2)9-15(25)10-17(23)26/h3-11,21H,12H2,1-2H3,(H,28,31)(H,29,32). The molecule has 0 spiro atoms. The van der Waals surface area contributed by atoms with Gasteiger partial charge in [-0.1, -0.05) is 41.4 Å². The van der Waals surface area contributed by atoms with Crippen LogP contribution in [0.1, 0.15) is 17.5 Å². The Hall–Kier alpha value is -3.14. The number of carbonyl (C=O) groups is 2. The van der Waals surface area contributed by atoms with E-state index in [9.17, 15) is 22.4 Å². The highest BCUT2D eigenvalue weighted by Gasteiger charge is 2.43. The Kier molecular flexibility index (Phi) is 6.77. The molecule has 0 fully saturated rings. The summed E-state index contributed by atoms with van der Waals surface area (Å²) >= 11 is 12.3. The van der Waals surface area contributed by atoms with Gasteiger partial charge in [0.1, 0.15) is 16.8 Å². The number of halogens is 3. The van der Waals surface area contributed by atoms with Gasteiger partial charge in [-0.25, -0.2) is 12.8 Å². The van der Waals surface area contributed by atoms with Crippen LogP contribution in [0.4, 0.5) is 21.5 Å². The highest BCUT2D eigenvalue weighted by molar-refractivity contribution is 7.93. The molecule has 3 aromatic rings. The third kappa shape index (κ3) is 4.84. The summed E-state index contributed by atoms with van der Waals surface area (Å²) in [4.78, 5) is 25.8. The summed E-state index contributed by atoms with van der Waals surface area (Å²) in [5.74, 6) is -1.91. The second-order valence-corrected chi connectivity index (χ2v) is 10.7. The third-order valence-corrected chi connectivity index (χ3v) is 8.20. The summed E-state index contributed by atoms with van der Waals surface area (Å²) < 4.78 is 42.4. The lowest BCUT2D eigenvalue weighted by molar-refractivity contribution is -0.122. The minimum atomic E-state index is -4.43. The van der Waals surface area contributed by atoms with Crippen molar-refractivity contribution in [3.63, 3.8) is 0 Å². The van der Waals surface area contributed by atoms with Crippen molar-refractivity contribution in [2.75, 3.05) is 14.9 Å². The largest absolute Gasteiger partial charge is 0.326 e. The molecule has 11 heteroatoms. The van der Waals surface area contributed by atoms with Crippen molar-refractivity contribution in [3.8, 4) is 0 Å². The molecule has 1 atom stereocenters. The zero-order valence-electron chi connectivity index (χ0n) is 18.6. The lowest BCUT2D eigenvalue weighted by atomic mass is 10.1. The molecule has 182 valence electrons. The number of rotatable bonds is 5. The predicted octanol–water partition coefficient (Wildman–Crippen LogP) is 5.29. The van der Waals surface area contributed by atoms with Crippen molar-refractivity contribution in [2.24, 2.45) is 0 Å². The van der Waals surface area contributed by atoms with Gasteiger partial charge in [0.05, 0.1) is 22.8 Å². The van der Waals surface area contributed by atoms with Gasteiger partial charge in [0.15, 0.2) is 0 Å². The van der Waals surface area contributed by atoms with Gasteiger partial charge in [-0.05, 0) is 61.4 Å². The van der Waals surface area contributed by atoms with Gasteiger partial charge in [0.2, 0.25) is 11.8 Å². The van der Waals surface area contributed by atoms with Gasteiger partial charge in [-0.15, -0.1) is 0 Å². The molecule has 7 nitrogen and oxygen atoms in total. The first-order chi connectivity index (χ1) is 16.5. The van der Waals surface area contributed by atoms with E-state index >= 15 is 0 Å². The molecule has 0 saturated heterocycles. The maximum atomic E-state index is 13.9. The number of carbonyl (C=O) groups excluding carboxylic acids is 2. The summed E-state index contributed by atoms with van der Waals surface area (Å²) in [6, 6.07) is 11.5. The fraction of sp³-hybridized carbons (Fsp3) is 0.167. The zero-order valence-corrected chi connectivity index (χ0v) is 20.9. The minimum absolute atomic E-state index is 0.114. The van der Waals surface area contributed by atoms with Crippen molar-refractivity contribution in [1.29, 1.82) is 0 Å². The Balaban J connectivity index is 1.78. The van der Waals surface area contributed by atoms with Crippen molar-refractivity contribution >= 4 is 62.1 Å². The minimum Gasteiger partial charge on any atom is -0.326 e. The molecular weight excluding hydrogens is 516 g/mol. The molecule has 0 aliphatic carbocycles. The van der Waals surface area contributed by atoms with Crippen LogP contribution in [0.25, 0.3) is 0 Å². The van der Waals surface area contributed by atoms with E-state index in [1.165, 1.54) is 37.3 Å². The van der Waals surface area contributed by atoms with E-state index in [0.29, 0.717) is 5.56 Å². The summed E-state index contributed by atoms with van der Waals surface area (Å²) in [7, 11) is -4.43. The SMILES string of the molecule is Cc1ccc(F)cc1NC(=O)CC1C(=O)Nc2ccccc2N1S(=O)(=O)c1c(C)cc(Cl)cc1Cl. The van der Waals surface area contributed by atoms with Crippen LogP contribution in [0.15, 0.2) is 59.5 Å². The molecule has 1 aliphatic rings. The number of amides is 2. The van der Waals surface area contributed by atoms with Crippen LogP contribution < -0.4 is 14.9 Å². The van der Waals surface area contributed by atoms with Crippen LogP contribution in [0.5, 0.6) is 0 Å². The van der Waals surface area contributed by atoms with Gasteiger partial charge < -0.3 is 10.6 Å². The van der Waals surface area contributed by atoms with Crippen LogP contribution in [0.2, 0.25) is 10.0 Å². The van der Waals surface area contributed by atoms with Crippen LogP contribution >= 0.6 is 23.2 Å². The second kappa shape index (κ2) is 9.49. The Morgan fingerprint density at radius 1 is 1.09 bits per heavy atom. The van der Waals surface area contributed by atoms with Gasteiger partial charge in [-0.3, -0.25) is 13.9 Å². The molecule has 0 aromatic heterocycles. The van der Waals surface area contributed by atoms with E-state index in [4.69, 9.17) is 23.2 Å². The van der Waals surface area contributed by atoms with Gasteiger partial charge >= 0.3 is 0 Å². The Labute approximate surface area is 211 Å². The van der Waals surface area contributed by atoms with Gasteiger partial charge in [0, 0.05) is 10.7 Å². The number of anilines is 3. The number of sulfonamides is 1. The van der Waals surface area contributed by atoms with Crippen LogP contribution in [-0.2, 0) is 19.6 Å². The predicted molar refractivity (Wildman–Crippen MR) is 134 cm³/mol. The lowest BCUT2D eigenvalue weighted by Gasteiger charge is -2.37. The normalized spacial score (nSPS) is 15.4. The first-order valence-corrected chi connectivity index (χ1v) is 12.6. The lowest BCUT2D eigenvalue weighted by Crippen LogP contribution is -2.52. The number of hydrogen-bond acceptors (Lipinski definition) is 4. The number of aryl methyl sites for hydroxylation is 2. The second-order valence-electron chi connectivity index (χ2n) is 8.07. The first-order valence-electron chi connectivity index (χ1n) is 10.4. The van der Waals surface area contributed by atoms with Crippen LogP contribution in [0.3, 0.4) is 0 Å². The van der Waals surface area contributed by atoms with Crippen molar-refractivity contribution < 1.29 is 22.4 Å². The number of fused-ring (bicyclic) bond motifs is 1. The number of benzene rings is 3. The summed E-state index contributed by atoms with van der Waals surface area (Å²) in [5.41, 5.74) is 1.55. The average molecular weight is 536 g/mol. The van der Waals surface area contributed by atoms with Crippen molar-refractivity contribution in [1.82, 2.24) is 0 Å². The van der Waals surface area contributed by atoms with E-state index in [0.717, 1.165) is 10.4 Å². The third-order valence-electron chi connectivity index (χ3n) is 5.55. The van der Waals surface area contributed by atoms with E-state index in [-0.39, 0.29) is 37.6 Å². The number of para-hydroxylation sites is 2. The molecule has 0 saturated carbocycles. The Bertz CT molecular complexity index is 1440. The monoisotopic (exact) mass is 535 g/mol. The molecule has 1 aliphatic heterocycles. The molecule has 1 unspecified atom stereocenters. The molecular formula is C24H20Cl2FN3O4S. The highest BCUT2D eigenvalue weighted by atomic mass is 35.5. The van der Waals surface area contributed by atoms with Crippen LogP contribution in [0, 0.1) is 19.7 Å². The molecule has 1 heterocycles. The van der Waals surface area contributed by atoms with E-state index < -0.39 is 40.1 Å². The Morgan fingerprint density at radius 2 is 1.80 bits per heavy atom. The number of nitrogens with zero attached hydrogens (tertiary/aromatic N) is 1. The smallest absolute Gasteiger partial charge is 0.266 e. The summed E-state index contributed by atoms with van der Waals surface area (Å²) in [6.07, 6.45) is -0.528. The highest BCUT2D eigenvalue weighted by Crippen LogP contribution is 2.40. The molecule has 3 aromatic carbocycles. The molecule has 4 rings (SSSR count). The maximum absolute atomic E-state index is 13.9. The van der Waals surface area contributed by atoms with Crippen molar-refractivity contribution in [3.05, 3.63) is 81.6 Å². The van der Waals surface area contributed by atoms with E-state index in [1.54, 1.807) is 25.1 Å². The average Bonchev–Trinajstić information content (AvgIpc) is 2.75. The van der Waals surface area contributed by atoms with E-state index in [2.05, 4.69) is 10.6 Å². The van der Waals surface area contributed by atoms with Crippen molar-refractivity contribution in [2.45, 2.75) is 31.2 Å². The number of hydrogen-bond donors (Lipinski definition) is 2. The topological polar surface area (TPSA) is 95.6 Å².